The molecule has 4 rings (SSSR count). The molecule has 0 aliphatic carbocycles. The van der Waals surface area contributed by atoms with Crippen molar-refractivity contribution in [2.45, 2.75) is 38.5 Å². The van der Waals surface area contributed by atoms with Crippen LogP contribution in [0.3, 0.4) is 0 Å². The van der Waals surface area contributed by atoms with Crippen LogP contribution in [0.2, 0.25) is 0 Å². The third-order valence-electron chi connectivity index (χ3n) is 5.16. The summed E-state index contributed by atoms with van der Waals surface area (Å²) in [5, 5.41) is 4.02. The fourth-order valence-corrected chi connectivity index (χ4v) is 4.39. The van der Waals surface area contributed by atoms with Crippen LogP contribution >= 0.6 is 0 Å². The van der Waals surface area contributed by atoms with Crippen LogP contribution in [-0.4, -0.2) is 30.5 Å². The van der Waals surface area contributed by atoms with Gasteiger partial charge in [0.1, 0.15) is 11.6 Å². The summed E-state index contributed by atoms with van der Waals surface area (Å²) in [4.78, 5) is 9.11. The van der Waals surface area contributed by atoms with Gasteiger partial charge in [-0.15, -0.1) is 0 Å². The maximum absolute atomic E-state index is 13.4. The maximum Gasteiger partial charge on any atom is 0.200 e. The van der Waals surface area contributed by atoms with Crippen LogP contribution in [0.4, 0.5) is 10.2 Å². The van der Waals surface area contributed by atoms with E-state index in [1.165, 1.54) is 12.1 Å². The average molecular weight is 399 g/mol. The van der Waals surface area contributed by atoms with Crippen molar-refractivity contribution in [1.82, 2.24) is 14.5 Å². The number of rotatable bonds is 5. The van der Waals surface area contributed by atoms with E-state index in [2.05, 4.69) is 36.1 Å². The van der Waals surface area contributed by atoms with E-state index in [1.54, 1.807) is 18.3 Å². The SMILES string of the molecule is CC(C)C(C)Nc1cc(-c2c(-c3ccc(F)cc3)nc3n2CCS3=O)ccn1. The lowest BCUT2D eigenvalue weighted by molar-refractivity contribution is 0.558. The Morgan fingerprint density at radius 1 is 1.14 bits per heavy atom. The number of anilines is 1. The highest BCUT2D eigenvalue weighted by atomic mass is 32.2. The van der Waals surface area contributed by atoms with Gasteiger partial charge in [-0.2, -0.15) is 0 Å². The lowest BCUT2D eigenvalue weighted by atomic mass is 10.0. The minimum absolute atomic E-state index is 0.281. The molecule has 3 heterocycles. The molecule has 2 unspecified atom stereocenters. The summed E-state index contributed by atoms with van der Waals surface area (Å²) >= 11 is 0. The monoisotopic (exact) mass is 398 g/mol. The van der Waals surface area contributed by atoms with Crippen molar-refractivity contribution in [3.05, 3.63) is 48.4 Å². The largest absolute Gasteiger partial charge is 0.367 e. The quantitative estimate of drug-likeness (QED) is 0.695. The van der Waals surface area contributed by atoms with Gasteiger partial charge in [0.15, 0.2) is 5.16 Å². The van der Waals surface area contributed by atoms with Crippen molar-refractivity contribution in [2.75, 3.05) is 11.1 Å². The molecule has 0 saturated heterocycles. The predicted molar refractivity (Wildman–Crippen MR) is 110 cm³/mol. The minimum Gasteiger partial charge on any atom is -0.367 e. The van der Waals surface area contributed by atoms with Crippen molar-refractivity contribution >= 4 is 16.6 Å². The standard InChI is InChI=1S/C21H23FN4OS/c1-13(2)14(3)24-18-12-16(8-9-23-18)20-19(15-4-6-17(22)7-5-15)25-21-26(20)10-11-28(21)27/h4-9,12-14H,10-11H2,1-3H3,(H,23,24). The Balaban J connectivity index is 1.82. The lowest BCUT2D eigenvalue weighted by Crippen LogP contribution is -2.22. The molecule has 28 heavy (non-hydrogen) atoms. The van der Waals surface area contributed by atoms with Gasteiger partial charge < -0.3 is 9.88 Å². The molecule has 1 aliphatic heterocycles. The first kappa shape index (κ1) is 18.8. The first-order valence-electron chi connectivity index (χ1n) is 9.42. The number of imidazole rings is 1. The van der Waals surface area contributed by atoms with Gasteiger partial charge in [0.25, 0.3) is 0 Å². The molecule has 1 aromatic carbocycles. The zero-order valence-electron chi connectivity index (χ0n) is 16.1. The van der Waals surface area contributed by atoms with E-state index in [-0.39, 0.29) is 11.9 Å². The molecule has 146 valence electrons. The Labute approximate surface area is 166 Å². The minimum atomic E-state index is -1.11. The molecule has 1 N–H and O–H groups in total. The zero-order chi connectivity index (χ0) is 19.8. The van der Waals surface area contributed by atoms with Crippen LogP contribution in [-0.2, 0) is 17.3 Å². The second-order valence-corrected chi connectivity index (χ2v) is 8.87. The molecule has 0 radical (unpaired) electrons. The van der Waals surface area contributed by atoms with Crippen LogP contribution in [0.15, 0.2) is 47.8 Å². The number of aromatic nitrogens is 3. The molecular formula is C21H23FN4OS. The molecule has 0 fully saturated rings. The van der Waals surface area contributed by atoms with Gasteiger partial charge in [-0.25, -0.2) is 14.4 Å². The van der Waals surface area contributed by atoms with E-state index in [0.29, 0.717) is 23.4 Å². The van der Waals surface area contributed by atoms with Crippen molar-refractivity contribution in [2.24, 2.45) is 5.92 Å². The van der Waals surface area contributed by atoms with E-state index in [0.717, 1.165) is 28.3 Å². The number of pyridine rings is 1. The molecule has 0 amide bonds. The fourth-order valence-electron chi connectivity index (χ4n) is 3.24. The molecule has 2 aromatic heterocycles. The van der Waals surface area contributed by atoms with Crippen LogP contribution in [0.1, 0.15) is 20.8 Å². The first-order chi connectivity index (χ1) is 13.4. The fraction of sp³-hybridized carbons (Fsp3) is 0.333. The summed E-state index contributed by atoms with van der Waals surface area (Å²) in [6.07, 6.45) is 1.77. The Morgan fingerprint density at radius 3 is 2.61 bits per heavy atom. The van der Waals surface area contributed by atoms with Crippen molar-refractivity contribution < 1.29 is 8.60 Å². The normalized spacial score (nSPS) is 17.0. The second-order valence-electron chi connectivity index (χ2n) is 7.41. The number of nitrogens with zero attached hydrogens (tertiary/aromatic N) is 3. The molecule has 0 saturated carbocycles. The summed E-state index contributed by atoms with van der Waals surface area (Å²) in [7, 11) is -1.11. The number of nitrogens with one attached hydrogen (secondary N) is 1. The third kappa shape index (κ3) is 3.46. The van der Waals surface area contributed by atoms with Gasteiger partial charge in [0, 0.05) is 35.7 Å². The smallest absolute Gasteiger partial charge is 0.200 e. The number of hydrogen-bond donors (Lipinski definition) is 1. The molecular weight excluding hydrogens is 375 g/mol. The lowest BCUT2D eigenvalue weighted by Gasteiger charge is -2.18. The first-order valence-corrected chi connectivity index (χ1v) is 10.7. The Hall–Kier alpha value is -2.54. The average Bonchev–Trinajstić information content (AvgIpc) is 3.22. The van der Waals surface area contributed by atoms with Gasteiger partial charge in [-0.1, -0.05) is 13.8 Å². The van der Waals surface area contributed by atoms with Crippen molar-refractivity contribution in [3.8, 4) is 22.5 Å². The Morgan fingerprint density at radius 2 is 1.89 bits per heavy atom. The number of benzene rings is 1. The molecule has 0 spiro atoms. The molecule has 7 heteroatoms. The maximum atomic E-state index is 13.4. The van der Waals surface area contributed by atoms with Crippen LogP contribution in [0.5, 0.6) is 0 Å². The number of hydrogen-bond acceptors (Lipinski definition) is 4. The van der Waals surface area contributed by atoms with Crippen LogP contribution < -0.4 is 5.32 Å². The van der Waals surface area contributed by atoms with Gasteiger partial charge >= 0.3 is 0 Å². The predicted octanol–water partition coefficient (Wildman–Crippen LogP) is 4.33. The molecule has 5 nitrogen and oxygen atoms in total. The molecule has 3 aromatic rings. The van der Waals surface area contributed by atoms with Crippen molar-refractivity contribution in [3.63, 3.8) is 0 Å². The second kappa shape index (κ2) is 7.47. The Bertz CT molecular complexity index is 1030. The number of fused-ring (bicyclic) bond motifs is 1. The van der Waals surface area contributed by atoms with E-state index in [1.807, 2.05) is 16.7 Å². The summed E-state index contributed by atoms with van der Waals surface area (Å²) < 4.78 is 27.8. The molecule has 2 atom stereocenters. The molecule has 1 aliphatic rings. The van der Waals surface area contributed by atoms with Gasteiger partial charge in [-0.3, -0.25) is 4.21 Å². The van der Waals surface area contributed by atoms with Crippen molar-refractivity contribution in [1.29, 1.82) is 0 Å². The highest BCUT2D eigenvalue weighted by molar-refractivity contribution is 7.85. The topological polar surface area (TPSA) is 59.8 Å². The zero-order valence-corrected chi connectivity index (χ0v) is 17.0. The van der Waals surface area contributed by atoms with E-state index in [9.17, 15) is 8.60 Å². The van der Waals surface area contributed by atoms with Gasteiger partial charge in [0.2, 0.25) is 0 Å². The van der Waals surface area contributed by atoms with E-state index >= 15 is 0 Å². The van der Waals surface area contributed by atoms with E-state index in [4.69, 9.17) is 0 Å². The third-order valence-corrected chi connectivity index (χ3v) is 6.44. The molecule has 0 bridgehead atoms. The summed E-state index contributed by atoms with van der Waals surface area (Å²) in [5.41, 5.74) is 3.37. The summed E-state index contributed by atoms with van der Waals surface area (Å²) in [5.74, 6) is 1.54. The summed E-state index contributed by atoms with van der Waals surface area (Å²) in [6, 6.07) is 10.5. The summed E-state index contributed by atoms with van der Waals surface area (Å²) in [6.45, 7) is 7.10. The van der Waals surface area contributed by atoms with E-state index < -0.39 is 10.8 Å². The van der Waals surface area contributed by atoms with Gasteiger partial charge in [-0.05, 0) is 49.2 Å². The highest BCUT2D eigenvalue weighted by Crippen LogP contribution is 2.36. The van der Waals surface area contributed by atoms with Crippen LogP contribution in [0.25, 0.3) is 22.5 Å². The van der Waals surface area contributed by atoms with Gasteiger partial charge in [0.05, 0.1) is 22.2 Å². The van der Waals surface area contributed by atoms with Crippen LogP contribution in [0, 0.1) is 11.7 Å². The highest BCUT2D eigenvalue weighted by Gasteiger charge is 2.28. The Kier molecular flexibility index (Phi) is 5.02. The number of halogens is 1.